The molecule has 0 amide bonds. The van der Waals surface area contributed by atoms with E-state index in [0.29, 0.717) is 17.6 Å². The van der Waals surface area contributed by atoms with Gasteiger partial charge >= 0.3 is 0 Å². The quantitative estimate of drug-likeness (QED) is 0.547. The Kier molecular flexibility index (Phi) is 3.74. The van der Waals surface area contributed by atoms with Crippen LogP contribution in [0, 0.1) is 0 Å². The Hall–Kier alpha value is -2.73. The third-order valence-electron chi connectivity index (χ3n) is 3.85. The van der Waals surface area contributed by atoms with Gasteiger partial charge in [-0.1, -0.05) is 52.3 Å². The molecule has 0 aliphatic rings. The van der Waals surface area contributed by atoms with Gasteiger partial charge in [0.25, 0.3) is 5.56 Å². The van der Waals surface area contributed by atoms with Crippen molar-refractivity contribution in [2.24, 2.45) is 0 Å². The maximum absolute atomic E-state index is 12.7. The maximum Gasteiger partial charge on any atom is 0.264 e. The summed E-state index contributed by atoms with van der Waals surface area (Å²) >= 11 is 3.51. The maximum atomic E-state index is 12.7. The van der Waals surface area contributed by atoms with Crippen molar-refractivity contribution in [3.05, 3.63) is 87.5 Å². The summed E-state index contributed by atoms with van der Waals surface area (Å²) in [7, 11) is 0. The second-order valence-electron chi connectivity index (χ2n) is 5.40. The Balaban J connectivity index is 1.80. The highest BCUT2D eigenvalue weighted by Gasteiger charge is 2.12. The van der Waals surface area contributed by atoms with E-state index in [1.807, 2.05) is 54.6 Å². The number of halogens is 1. The number of hydrogen-bond acceptors (Lipinski definition) is 3. The standard InChI is InChI=1S/C18H13BrN4O/c19-16-9-5-4-6-13(16)11-22-12-20-17-15(18(22)24)10-21-23(17)14-7-2-1-3-8-14/h1-10,12H,11H2. The minimum absolute atomic E-state index is 0.0991. The van der Waals surface area contributed by atoms with Gasteiger partial charge in [0.2, 0.25) is 0 Å². The van der Waals surface area contributed by atoms with Gasteiger partial charge in [0.1, 0.15) is 11.7 Å². The van der Waals surface area contributed by atoms with E-state index in [1.165, 1.54) is 0 Å². The van der Waals surface area contributed by atoms with Crippen LogP contribution in [0.2, 0.25) is 0 Å². The molecule has 2 heterocycles. The van der Waals surface area contributed by atoms with E-state index < -0.39 is 0 Å². The van der Waals surface area contributed by atoms with Gasteiger partial charge in [-0.25, -0.2) is 9.67 Å². The summed E-state index contributed by atoms with van der Waals surface area (Å²) in [6, 6.07) is 17.5. The molecule has 0 saturated heterocycles. The van der Waals surface area contributed by atoms with Crippen molar-refractivity contribution in [3.63, 3.8) is 0 Å². The average molecular weight is 381 g/mol. The Morgan fingerprint density at radius 3 is 2.54 bits per heavy atom. The van der Waals surface area contributed by atoms with Crippen LogP contribution in [0.1, 0.15) is 5.56 Å². The first kappa shape index (κ1) is 14.8. The Morgan fingerprint density at radius 1 is 1.00 bits per heavy atom. The molecule has 118 valence electrons. The second-order valence-corrected chi connectivity index (χ2v) is 6.25. The van der Waals surface area contributed by atoms with E-state index in [9.17, 15) is 4.79 Å². The van der Waals surface area contributed by atoms with Crippen LogP contribution in [0.3, 0.4) is 0 Å². The molecule has 0 N–H and O–H groups in total. The van der Waals surface area contributed by atoms with Crippen LogP contribution in [0.25, 0.3) is 16.7 Å². The summed E-state index contributed by atoms with van der Waals surface area (Å²) in [5, 5.41) is 4.83. The van der Waals surface area contributed by atoms with Gasteiger partial charge in [-0.15, -0.1) is 0 Å². The molecular weight excluding hydrogens is 368 g/mol. The van der Waals surface area contributed by atoms with Crippen molar-refractivity contribution >= 4 is 27.0 Å². The average Bonchev–Trinajstić information content (AvgIpc) is 3.05. The van der Waals surface area contributed by atoms with E-state index >= 15 is 0 Å². The smallest absolute Gasteiger partial charge is 0.264 e. The van der Waals surface area contributed by atoms with E-state index in [0.717, 1.165) is 15.7 Å². The predicted octanol–water partition coefficient (Wildman–Crippen LogP) is 3.39. The highest BCUT2D eigenvalue weighted by atomic mass is 79.9. The largest absolute Gasteiger partial charge is 0.294 e. The molecule has 4 aromatic rings. The molecule has 5 nitrogen and oxygen atoms in total. The third-order valence-corrected chi connectivity index (χ3v) is 4.63. The minimum Gasteiger partial charge on any atom is -0.294 e. The van der Waals surface area contributed by atoms with Gasteiger partial charge in [-0.2, -0.15) is 5.10 Å². The zero-order chi connectivity index (χ0) is 16.5. The van der Waals surface area contributed by atoms with E-state index in [4.69, 9.17) is 0 Å². The molecule has 6 heteroatoms. The first-order valence-electron chi connectivity index (χ1n) is 7.46. The molecule has 0 radical (unpaired) electrons. The SMILES string of the molecule is O=c1c2cnn(-c3ccccc3)c2ncn1Cc1ccccc1Br. The second kappa shape index (κ2) is 6.05. The molecule has 24 heavy (non-hydrogen) atoms. The van der Waals surface area contributed by atoms with Crippen molar-refractivity contribution in [2.75, 3.05) is 0 Å². The number of benzene rings is 2. The Labute approximate surface area is 146 Å². The van der Waals surface area contributed by atoms with Gasteiger partial charge < -0.3 is 0 Å². The van der Waals surface area contributed by atoms with Gasteiger partial charge in [0.05, 0.1) is 18.4 Å². The molecule has 0 saturated carbocycles. The fourth-order valence-corrected chi connectivity index (χ4v) is 3.04. The lowest BCUT2D eigenvalue weighted by atomic mass is 10.2. The van der Waals surface area contributed by atoms with E-state index in [-0.39, 0.29) is 5.56 Å². The van der Waals surface area contributed by atoms with Gasteiger partial charge in [0.15, 0.2) is 5.65 Å². The number of rotatable bonds is 3. The lowest BCUT2D eigenvalue weighted by molar-refractivity contribution is 0.743. The van der Waals surface area contributed by atoms with Gasteiger partial charge in [0, 0.05) is 4.47 Å². The Morgan fingerprint density at radius 2 is 1.75 bits per heavy atom. The topological polar surface area (TPSA) is 52.7 Å². The summed E-state index contributed by atoms with van der Waals surface area (Å²) in [4.78, 5) is 17.2. The molecule has 4 rings (SSSR count). The summed E-state index contributed by atoms with van der Waals surface area (Å²) in [5.41, 5.74) is 2.37. The molecule has 0 spiro atoms. The van der Waals surface area contributed by atoms with E-state index in [2.05, 4.69) is 26.0 Å². The molecule has 0 fully saturated rings. The van der Waals surface area contributed by atoms with Crippen molar-refractivity contribution in [2.45, 2.75) is 6.54 Å². The molecule has 0 aliphatic heterocycles. The zero-order valence-corrected chi connectivity index (χ0v) is 14.2. The van der Waals surface area contributed by atoms with Crippen molar-refractivity contribution in [1.29, 1.82) is 0 Å². The van der Waals surface area contributed by atoms with Crippen LogP contribution in [-0.4, -0.2) is 19.3 Å². The fraction of sp³-hybridized carbons (Fsp3) is 0.0556. The summed E-state index contributed by atoms with van der Waals surface area (Å²) < 4.78 is 4.25. The van der Waals surface area contributed by atoms with Crippen molar-refractivity contribution in [1.82, 2.24) is 19.3 Å². The number of nitrogens with zero attached hydrogens (tertiary/aromatic N) is 4. The highest BCUT2D eigenvalue weighted by molar-refractivity contribution is 9.10. The fourth-order valence-electron chi connectivity index (χ4n) is 2.63. The lowest BCUT2D eigenvalue weighted by Crippen LogP contribution is -2.21. The van der Waals surface area contributed by atoms with Gasteiger partial charge in [-0.3, -0.25) is 9.36 Å². The van der Waals surface area contributed by atoms with Crippen LogP contribution < -0.4 is 5.56 Å². The number of aromatic nitrogens is 4. The predicted molar refractivity (Wildman–Crippen MR) is 96.4 cm³/mol. The third kappa shape index (κ3) is 2.55. The van der Waals surface area contributed by atoms with Crippen LogP contribution in [0.4, 0.5) is 0 Å². The highest BCUT2D eigenvalue weighted by Crippen LogP contribution is 2.17. The lowest BCUT2D eigenvalue weighted by Gasteiger charge is -2.08. The Bertz CT molecular complexity index is 1070. The molecule has 0 unspecified atom stereocenters. The van der Waals surface area contributed by atoms with Crippen LogP contribution in [0.15, 0.2) is 76.4 Å². The molecule has 2 aromatic carbocycles. The normalized spacial score (nSPS) is 11.0. The number of para-hydroxylation sites is 1. The van der Waals surface area contributed by atoms with Crippen molar-refractivity contribution < 1.29 is 0 Å². The monoisotopic (exact) mass is 380 g/mol. The van der Waals surface area contributed by atoms with Crippen LogP contribution >= 0.6 is 15.9 Å². The van der Waals surface area contributed by atoms with Crippen LogP contribution in [0.5, 0.6) is 0 Å². The van der Waals surface area contributed by atoms with Crippen molar-refractivity contribution in [3.8, 4) is 5.69 Å². The number of hydrogen-bond donors (Lipinski definition) is 0. The molecule has 0 atom stereocenters. The first-order valence-corrected chi connectivity index (χ1v) is 8.25. The minimum atomic E-state index is -0.0991. The molecular formula is C18H13BrN4O. The zero-order valence-electron chi connectivity index (χ0n) is 12.6. The first-order chi connectivity index (χ1) is 11.7. The van der Waals surface area contributed by atoms with Gasteiger partial charge in [-0.05, 0) is 23.8 Å². The number of fused-ring (bicyclic) bond motifs is 1. The molecule has 2 aromatic heterocycles. The summed E-state index contributed by atoms with van der Waals surface area (Å²) in [6.07, 6.45) is 3.15. The van der Waals surface area contributed by atoms with Crippen LogP contribution in [-0.2, 0) is 6.54 Å². The summed E-state index contributed by atoms with van der Waals surface area (Å²) in [6.45, 7) is 0.458. The summed E-state index contributed by atoms with van der Waals surface area (Å²) in [5.74, 6) is 0. The molecule has 0 aliphatic carbocycles. The van der Waals surface area contributed by atoms with E-state index in [1.54, 1.807) is 21.8 Å². The molecule has 0 bridgehead atoms.